The first kappa shape index (κ1) is 24.2. The van der Waals surface area contributed by atoms with Crippen molar-refractivity contribution < 1.29 is 30.6 Å². The lowest BCUT2D eigenvalue weighted by Crippen LogP contribution is -2.41. The number of fused-ring (bicyclic) bond motifs is 1. The van der Waals surface area contributed by atoms with Crippen LogP contribution in [-0.2, 0) is 14.9 Å². The highest BCUT2D eigenvalue weighted by Crippen LogP contribution is 2.57. The maximum atomic E-state index is 12.7. The maximum absolute atomic E-state index is 12.7. The molecule has 2 aromatic carbocycles. The minimum Gasteiger partial charge on any atom is -0.376 e. The predicted octanol–water partition coefficient (Wildman–Crippen LogP) is 5.64. The number of benzene rings is 2. The second-order valence-corrected chi connectivity index (χ2v) is 11.0. The van der Waals surface area contributed by atoms with E-state index in [1.165, 1.54) is 6.07 Å². The molecule has 0 unspecified atom stereocenters. The van der Waals surface area contributed by atoms with Crippen molar-refractivity contribution in [3.05, 3.63) is 63.6 Å². The molecule has 4 atom stereocenters. The maximum Gasteiger partial charge on any atom is 0.534 e. The smallest absolute Gasteiger partial charge is 0.376 e. The van der Waals surface area contributed by atoms with Gasteiger partial charge in [0.1, 0.15) is 5.75 Å². The van der Waals surface area contributed by atoms with Crippen molar-refractivity contribution in [1.82, 2.24) is 5.32 Å². The van der Waals surface area contributed by atoms with Crippen molar-refractivity contribution in [2.24, 2.45) is 11.3 Å². The van der Waals surface area contributed by atoms with Gasteiger partial charge in [-0.1, -0.05) is 48.3 Å². The van der Waals surface area contributed by atoms with E-state index in [9.17, 15) is 26.4 Å². The van der Waals surface area contributed by atoms with Crippen LogP contribution < -0.4 is 9.50 Å². The summed E-state index contributed by atoms with van der Waals surface area (Å²) in [4.78, 5) is 12.6. The van der Waals surface area contributed by atoms with Gasteiger partial charge in [0.05, 0.1) is 5.41 Å². The minimum atomic E-state index is -5.81. The van der Waals surface area contributed by atoms with E-state index in [4.69, 9.17) is 23.2 Å². The van der Waals surface area contributed by atoms with Gasteiger partial charge >= 0.3 is 15.6 Å². The number of nitrogens with one attached hydrogen (secondary N) is 1. The lowest BCUT2D eigenvalue weighted by Gasteiger charge is -2.45. The molecule has 0 bridgehead atoms. The van der Waals surface area contributed by atoms with Crippen LogP contribution in [0.1, 0.15) is 42.7 Å². The molecular weight excluding hydrogens is 502 g/mol. The summed E-state index contributed by atoms with van der Waals surface area (Å²) in [5.74, 6) is -0.844. The molecule has 1 saturated carbocycles. The van der Waals surface area contributed by atoms with Crippen LogP contribution in [0.3, 0.4) is 0 Å². The van der Waals surface area contributed by atoms with Crippen molar-refractivity contribution in [1.29, 1.82) is 0 Å². The van der Waals surface area contributed by atoms with Crippen LogP contribution in [0.5, 0.6) is 5.75 Å². The van der Waals surface area contributed by atoms with Crippen LogP contribution in [0.15, 0.2) is 42.5 Å². The molecule has 4 rings (SSSR count). The lowest BCUT2D eigenvalue weighted by atomic mass is 9.57. The molecule has 0 spiro atoms. The van der Waals surface area contributed by atoms with Crippen LogP contribution in [0.4, 0.5) is 13.2 Å². The molecule has 1 amide bonds. The molecule has 11 heteroatoms. The summed E-state index contributed by atoms with van der Waals surface area (Å²) in [6.07, 6.45) is 1.21. The topological polar surface area (TPSA) is 72.5 Å². The highest BCUT2D eigenvalue weighted by Gasteiger charge is 2.55. The summed E-state index contributed by atoms with van der Waals surface area (Å²) in [5.41, 5.74) is -4.49. The molecule has 33 heavy (non-hydrogen) atoms. The molecule has 1 N–H and O–H groups in total. The zero-order valence-corrected chi connectivity index (χ0v) is 19.7. The highest BCUT2D eigenvalue weighted by atomic mass is 35.5. The van der Waals surface area contributed by atoms with E-state index in [0.29, 0.717) is 30.0 Å². The van der Waals surface area contributed by atoms with Gasteiger partial charge in [0.25, 0.3) is 0 Å². The van der Waals surface area contributed by atoms with Gasteiger partial charge in [-0.05, 0) is 59.9 Å². The van der Waals surface area contributed by atoms with E-state index in [1.54, 1.807) is 12.1 Å². The van der Waals surface area contributed by atoms with Crippen molar-refractivity contribution in [3.8, 4) is 5.75 Å². The van der Waals surface area contributed by atoms with Crippen molar-refractivity contribution in [3.63, 3.8) is 0 Å². The minimum absolute atomic E-state index is 0.00267. The van der Waals surface area contributed by atoms with Gasteiger partial charge in [0.2, 0.25) is 5.91 Å². The first-order chi connectivity index (χ1) is 15.3. The summed E-state index contributed by atoms with van der Waals surface area (Å²) < 4.78 is 64.9. The Labute approximate surface area is 199 Å². The van der Waals surface area contributed by atoms with E-state index in [-0.39, 0.29) is 28.7 Å². The summed E-state index contributed by atoms with van der Waals surface area (Å²) >= 11 is 12.5. The first-order valence-corrected chi connectivity index (χ1v) is 12.3. The van der Waals surface area contributed by atoms with Gasteiger partial charge < -0.3 is 9.50 Å². The number of rotatable bonds is 4. The third-order valence-electron chi connectivity index (χ3n) is 6.78. The van der Waals surface area contributed by atoms with Gasteiger partial charge in [-0.15, -0.1) is 0 Å². The van der Waals surface area contributed by atoms with E-state index in [2.05, 4.69) is 9.50 Å². The van der Waals surface area contributed by atoms with Crippen molar-refractivity contribution in [2.75, 3.05) is 6.54 Å². The summed E-state index contributed by atoms with van der Waals surface area (Å²) in [6.45, 7) is 2.43. The number of halogens is 5. The zero-order chi connectivity index (χ0) is 24.2. The quantitative estimate of drug-likeness (QED) is 0.417. The molecule has 1 aliphatic carbocycles. The molecule has 1 heterocycles. The van der Waals surface area contributed by atoms with Crippen LogP contribution in [0, 0.1) is 11.3 Å². The zero-order valence-electron chi connectivity index (χ0n) is 17.3. The number of hydrogen-bond donors (Lipinski definition) is 1. The fraction of sp³-hybridized carbons (Fsp3) is 0.409. The number of alkyl halides is 3. The number of hydrogen-bond acceptors (Lipinski definition) is 4. The Morgan fingerprint density at radius 1 is 1.12 bits per heavy atom. The van der Waals surface area contributed by atoms with Crippen LogP contribution in [-0.4, -0.2) is 26.4 Å². The summed E-state index contributed by atoms with van der Waals surface area (Å²) in [6, 6.07) is 11.1. The van der Waals surface area contributed by atoms with Crippen LogP contribution in [0.2, 0.25) is 10.0 Å². The van der Waals surface area contributed by atoms with Crippen molar-refractivity contribution >= 4 is 39.2 Å². The second-order valence-electron chi connectivity index (χ2n) is 8.62. The monoisotopic (exact) mass is 521 g/mol. The molecule has 2 aromatic rings. The lowest BCUT2D eigenvalue weighted by molar-refractivity contribution is -0.129. The number of amides is 1. The van der Waals surface area contributed by atoms with Gasteiger partial charge in [0.15, 0.2) is 0 Å². The third-order valence-corrected chi connectivity index (χ3v) is 8.34. The molecule has 5 nitrogen and oxygen atoms in total. The van der Waals surface area contributed by atoms with Gasteiger partial charge in [-0.2, -0.15) is 21.6 Å². The first-order valence-electron chi connectivity index (χ1n) is 10.2. The van der Waals surface area contributed by atoms with E-state index in [1.807, 2.05) is 19.1 Å². The Balaban J connectivity index is 1.72. The second kappa shape index (κ2) is 8.36. The Morgan fingerprint density at radius 2 is 1.79 bits per heavy atom. The molecule has 2 aliphatic rings. The average Bonchev–Trinajstić information content (AvgIpc) is 3.02. The van der Waals surface area contributed by atoms with Crippen LogP contribution in [0.25, 0.3) is 0 Å². The standard InChI is InChI=1S/C22H20Cl2F3NO4S/c1-21-9-8-16(15-7-6-14(10-18(15)24)32-33(30,31)22(25,26)27)19(17(21)11-28-20(21)29)12-2-4-13(23)5-3-12/h2-7,10,16-17,19H,8-9,11H2,1H3,(H,28,29)/t16-,17-,19-,21+/m0/s1. The molecule has 0 radical (unpaired) electrons. The highest BCUT2D eigenvalue weighted by molar-refractivity contribution is 7.88. The Morgan fingerprint density at radius 3 is 2.39 bits per heavy atom. The fourth-order valence-electron chi connectivity index (χ4n) is 5.07. The number of carbonyl (C=O) groups is 1. The third kappa shape index (κ3) is 4.31. The summed E-state index contributed by atoms with van der Waals surface area (Å²) in [5, 5.41) is 3.62. The molecule has 2 fully saturated rings. The van der Waals surface area contributed by atoms with E-state index in [0.717, 1.165) is 17.7 Å². The average molecular weight is 522 g/mol. The molecule has 0 aromatic heterocycles. The number of carbonyl (C=O) groups excluding carboxylic acids is 1. The molecule has 178 valence electrons. The van der Waals surface area contributed by atoms with Gasteiger partial charge in [-0.25, -0.2) is 0 Å². The van der Waals surface area contributed by atoms with E-state index >= 15 is 0 Å². The van der Waals surface area contributed by atoms with Gasteiger partial charge in [-0.3, -0.25) is 4.79 Å². The normalized spacial score (nSPS) is 27.7. The van der Waals surface area contributed by atoms with Crippen LogP contribution >= 0.6 is 23.2 Å². The molecular formula is C22H20Cl2F3NO4S. The van der Waals surface area contributed by atoms with Crippen molar-refractivity contribution in [2.45, 2.75) is 37.1 Å². The SMILES string of the molecule is C[C@@]12CC[C@@H](c3ccc(OS(=O)(=O)C(F)(F)F)cc3Cl)[C@H](c3ccc(Cl)cc3)[C@@H]1CNC2=O. The largest absolute Gasteiger partial charge is 0.534 e. The van der Waals surface area contributed by atoms with E-state index < -0.39 is 26.8 Å². The predicted molar refractivity (Wildman–Crippen MR) is 118 cm³/mol. The molecule has 1 saturated heterocycles. The Kier molecular flexibility index (Phi) is 6.12. The summed E-state index contributed by atoms with van der Waals surface area (Å²) in [7, 11) is -5.81. The molecule has 1 aliphatic heterocycles. The fourth-order valence-corrected chi connectivity index (χ4v) is 5.96. The Bertz CT molecular complexity index is 1190. The van der Waals surface area contributed by atoms with Gasteiger partial charge in [0, 0.05) is 22.7 Å². The Hall–Kier alpha value is -1.97.